The number of fused-ring (bicyclic) bond motifs is 1. The number of hydrogen-bond acceptors (Lipinski definition) is 5. The summed E-state index contributed by atoms with van der Waals surface area (Å²) in [5.41, 5.74) is 2.18. The minimum Gasteiger partial charge on any atom is -0.388 e. The number of hydrogen-bond donors (Lipinski definition) is 1. The Morgan fingerprint density at radius 1 is 1.41 bits per heavy atom. The van der Waals surface area contributed by atoms with Crippen molar-refractivity contribution in [2.75, 3.05) is 0 Å². The summed E-state index contributed by atoms with van der Waals surface area (Å²) in [6, 6.07) is 0. The average molecular weight is 266 g/mol. The van der Waals surface area contributed by atoms with Crippen LogP contribution in [0.15, 0.2) is 5.38 Å². The average Bonchev–Trinajstić information content (AvgIpc) is 2.86. The van der Waals surface area contributed by atoms with E-state index in [1.165, 1.54) is 0 Å². The van der Waals surface area contributed by atoms with Gasteiger partial charge in [0.05, 0.1) is 33.1 Å². The van der Waals surface area contributed by atoms with Gasteiger partial charge in [-0.15, -0.1) is 22.7 Å². The second kappa shape index (κ2) is 4.48. The van der Waals surface area contributed by atoms with Crippen LogP contribution in [0.1, 0.15) is 45.2 Å². The maximum absolute atomic E-state index is 9.90. The van der Waals surface area contributed by atoms with Crippen LogP contribution in [0.3, 0.4) is 0 Å². The van der Waals surface area contributed by atoms with Gasteiger partial charge >= 0.3 is 0 Å². The van der Waals surface area contributed by atoms with Crippen LogP contribution < -0.4 is 0 Å². The van der Waals surface area contributed by atoms with Gasteiger partial charge in [-0.05, 0) is 26.2 Å². The summed E-state index contributed by atoms with van der Waals surface area (Å²) in [6.45, 7) is 2.01. The molecule has 1 aliphatic rings. The molecule has 1 atom stereocenters. The van der Waals surface area contributed by atoms with Crippen LogP contribution in [0.2, 0.25) is 0 Å². The number of aliphatic hydroxyl groups excluding tert-OH is 1. The molecule has 2 aromatic rings. The van der Waals surface area contributed by atoms with E-state index in [1.807, 2.05) is 6.92 Å². The van der Waals surface area contributed by atoms with E-state index in [9.17, 15) is 5.11 Å². The summed E-state index contributed by atoms with van der Waals surface area (Å²) in [7, 11) is 0. The van der Waals surface area contributed by atoms with E-state index in [1.54, 1.807) is 22.7 Å². The Bertz CT molecular complexity index is 532. The van der Waals surface area contributed by atoms with Gasteiger partial charge in [-0.3, -0.25) is 0 Å². The van der Waals surface area contributed by atoms with Crippen molar-refractivity contribution in [2.45, 2.75) is 38.7 Å². The highest BCUT2D eigenvalue weighted by Crippen LogP contribution is 2.34. The maximum Gasteiger partial charge on any atom is 0.1000 e. The molecule has 3 rings (SSSR count). The van der Waals surface area contributed by atoms with Gasteiger partial charge in [-0.25, -0.2) is 9.97 Å². The van der Waals surface area contributed by atoms with Crippen molar-refractivity contribution in [3.63, 3.8) is 0 Å². The first kappa shape index (κ1) is 11.3. The lowest BCUT2D eigenvalue weighted by Gasteiger charge is -2.14. The molecule has 2 aromatic heterocycles. The molecule has 3 nitrogen and oxygen atoms in total. The van der Waals surface area contributed by atoms with Gasteiger partial charge in [0.1, 0.15) is 0 Å². The Hall–Kier alpha value is -0.780. The Balaban J connectivity index is 1.85. The fourth-order valence-corrected chi connectivity index (χ4v) is 4.14. The van der Waals surface area contributed by atoms with Gasteiger partial charge in [0, 0.05) is 11.1 Å². The first-order valence-corrected chi connectivity index (χ1v) is 7.49. The Kier molecular flexibility index (Phi) is 2.98. The molecule has 90 valence electrons. The summed E-state index contributed by atoms with van der Waals surface area (Å²) >= 11 is 3.34. The number of nitrogens with zero attached hydrogens (tertiary/aromatic N) is 2. The molecule has 2 heterocycles. The van der Waals surface area contributed by atoms with Gasteiger partial charge < -0.3 is 5.11 Å². The summed E-state index contributed by atoms with van der Waals surface area (Å²) in [6.07, 6.45) is 3.46. The van der Waals surface area contributed by atoms with Crippen LogP contribution in [0.5, 0.6) is 0 Å². The van der Waals surface area contributed by atoms with Crippen molar-refractivity contribution in [1.29, 1.82) is 0 Å². The van der Waals surface area contributed by atoms with E-state index in [2.05, 4.69) is 15.3 Å². The summed E-state index contributed by atoms with van der Waals surface area (Å²) in [5, 5.41) is 14.2. The summed E-state index contributed by atoms with van der Waals surface area (Å²) in [5.74, 6) is 0. The quantitative estimate of drug-likeness (QED) is 0.909. The van der Waals surface area contributed by atoms with Crippen molar-refractivity contribution in [3.8, 4) is 0 Å². The molecule has 1 unspecified atom stereocenters. The van der Waals surface area contributed by atoms with E-state index in [-0.39, 0.29) is 6.10 Å². The van der Waals surface area contributed by atoms with Crippen LogP contribution in [-0.4, -0.2) is 15.1 Å². The van der Waals surface area contributed by atoms with Crippen molar-refractivity contribution in [3.05, 3.63) is 31.7 Å². The second-order valence-corrected chi connectivity index (χ2v) is 6.44. The van der Waals surface area contributed by atoms with Crippen molar-refractivity contribution >= 4 is 22.7 Å². The lowest BCUT2D eigenvalue weighted by molar-refractivity contribution is 0.160. The molecule has 0 fully saturated rings. The zero-order valence-electron chi connectivity index (χ0n) is 9.64. The maximum atomic E-state index is 9.90. The molecule has 0 aromatic carbocycles. The standard InChI is InChI=1S/C12H14N2OS2/c1-7-6-16-10(13-7)5-11-14-8-3-2-4-9(15)12(8)17-11/h6,9,15H,2-5H2,1H3. The van der Waals surface area contributed by atoms with E-state index < -0.39 is 0 Å². The molecule has 1 aliphatic carbocycles. The monoisotopic (exact) mass is 266 g/mol. The molecule has 0 saturated carbocycles. The SMILES string of the molecule is Cc1csc(Cc2nc3c(s2)C(O)CCC3)n1. The lowest BCUT2D eigenvalue weighted by Crippen LogP contribution is -2.06. The van der Waals surface area contributed by atoms with E-state index in [4.69, 9.17) is 0 Å². The number of aryl methyl sites for hydroxylation is 2. The minimum atomic E-state index is -0.289. The zero-order chi connectivity index (χ0) is 11.8. The van der Waals surface area contributed by atoms with Crippen molar-refractivity contribution in [1.82, 2.24) is 9.97 Å². The number of rotatable bonds is 2. The molecule has 0 amide bonds. The Morgan fingerprint density at radius 2 is 2.29 bits per heavy atom. The van der Waals surface area contributed by atoms with Gasteiger partial charge in [0.15, 0.2) is 0 Å². The van der Waals surface area contributed by atoms with Crippen LogP contribution in [0, 0.1) is 6.92 Å². The molecule has 1 N–H and O–H groups in total. The first-order chi connectivity index (χ1) is 8.22. The second-order valence-electron chi connectivity index (χ2n) is 4.39. The van der Waals surface area contributed by atoms with E-state index in [0.717, 1.165) is 52.0 Å². The predicted octanol–water partition coefficient (Wildman–Crippen LogP) is 2.87. The van der Waals surface area contributed by atoms with Crippen molar-refractivity contribution in [2.24, 2.45) is 0 Å². The summed E-state index contributed by atoms with van der Waals surface area (Å²) in [4.78, 5) is 10.2. The minimum absolute atomic E-state index is 0.289. The molecule has 0 spiro atoms. The van der Waals surface area contributed by atoms with Crippen LogP contribution in [0.25, 0.3) is 0 Å². The highest BCUT2D eigenvalue weighted by Gasteiger charge is 2.22. The normalized spacial score (nSPS) is 19.3. The molecular formula is C12H14N2OS2. The van der Waals surface area contributed by atoms with Crippen LogP contribution in [-0.2, 0) is 12.8 Å². The fourth-order valence-electron chi connectivity index (χ4n) is 2.14. The largest absolute Gasteiger partial charge is 0.388 e. The summed E-state index contributed by atoms with van der Waals surface area (Å²) < 4.78 is 0. The van der Waals surface area contributed by atoms with Gasteiger partial charge in [0.2, 0.25) is 0 Å². The van der Waals surface area contributed by atoms with Crippen molar-refractivity contribution < 1.29 is 5.11 Å². The van der Waals surface area contributed by atoms with Crippen LogP contribution >= 0.6 is 22.7 Å². The smallest absolute Gasteiger partial charge is 0.1000 e. The Morgan fingerprint density at radius 3 is 3.00 bits per heavy atom. The third-order valence-corrected chi connectivity index (χ3v) is 5.10. The Labute approximate surface area is 108 Å². The van der Waals surface area contributed by atoms with Gasteiger partial charge in [-0.2, -0.15) is 0 Å². The third-order valence-electron chi connectivity index (χ3n) is 2.93. The molecule has 0 saturated heterocycles. The molecule has 0 bridgehead atoms. The van der Waals surface area contributed by atoms with Gasteiger partial charge in [0.25, 0.3) is 0 Å². The molecular weight excluding hydrogens is 252 g/mol. The highest BCUT2D eigenvalue weighted by atomic mass is 32.1. The van der Waals surface area contributed by atoms with E-state index >= 15 is 0 Å². The molecule has 5 heteroatoms. The van der Waals surface area contributed by atoms with Gasteiger partial charge in [-0.1, -0.05) is 0 Å². The lowest BCUT2D eigenvalue weighted by atomic mass is 10.0. The zero-order valence-corrected chi connectivity index (χ0v) is 11.3. The van der Waals surface area contributed by atoms with Crippen LogP contribution in [0.4, 0.5) is 0 Å². The predicted molar refractivity (Wildman–Crippen MR) is 69.7 cm³/mol. The number of aliphatic hydroxyl groups is 1. The fraction of sp³-hybridized carbons (Fsp3) is 0.500. The molecule has 17 heavy (non-hydrogen) atoms. The third kappa shape index (κ3) is 2.27. The highest BCUT2D eigenvalue weighted by molar-refractivity contribution is 7.12. The molecule has 0 aliphatic heterocycles. The molecule has 0 radical (unpaired) electrons. The number of thiazole rings is 2. The number of aromatic nitrogens is 2. The first-order valence-electron chi connectivity index (χ1n) is 5.80. The topological polar surface area (TPSA) is 46.0 Å². The van der Waals surface area contributed by atoms with E-state index in [0.29, 0.717) is 0 Å².